The van der Waals surface area contributed by atoms with Gasteiger partial charge in [-0.25, -0.2) is 4.98 Å². The number of pyridine rings is 1. The second-order valence-corrected chi connectivity index (χ2v) is 9.47. The van der Waals surface area contributed by atoms with Crippen molar-refractivity contribution in [2.45, 2.75) is 35.7 Å². The van der Waals surface area contributed by atoms with E-state index in [9.17, 15) is 9.59 Å². The first-order valence-corrected chi connectivity index (χ1v) is 11.7. The molecule has 0 radical (unpaired) electrons. The van der Waals surface area contributed by atoms with Gasteiger partial charge in [-0.05, 0) is 73.9 Å². The predicted octanol–water partition coefficient (Wildman–Crippen LogP) is 5.83. The summed E-state index contributed by atoms with van der Waals surface area (Å²) in [6, 6.07) is 18.8. The molecule has 1 fully saturated rings. The molecular formula is C24H22BrN3O2S. The number of rotatable bonds is 7. The first-order chi connectivity index (χ1) is 15.0. The Hall–Kier alpha value is -2.64. The van der Waals surface area contributed by atoms with Crippen LogP contribution in [-0.4, -0.2) is 16.8 Å². The zero-order chi connectivity index (χ0) is 21.8. The summed E-state index contributed by atoms with van der Waals surface area (Å²) < 4.78 is 1.00. The van der Waals surface area contributed by atoms with E-state index in [1.165, 1.54) is 11.8 Å². The van der Waals surface area contributed by atoms with Gasteiger partial charge in [-0.3, -0.25) is 9.59 Å². The summed E-state index contributed by atoms with van der Waals surface area (Å²) in [5.74, 6) is 0.0784. The maximum atomic E-state index is 13.0. The Bertz CT molecular complexity index is 1080. The smallest absolute Gasteiger partial charge is 0.254 e. The van der Waals surface area contributed by atoms with E-state index in [-0.39, 0.29) is 23.8 Å². The van der Waals surface area contributed by atoms with Crippen molar-refractivity contribution < 1.29 is 9.59 Å². The van der Waals surface area contributed by atoms with E-state index in [2.05, 4.69) is 31.5 Å². The SMILES string of the molecule is CC(NC(=O)c1cccnc1Sc1ccc(Br)cc1)c1ccc(NC(=O)C2CC2)cc1. The lowest BCUT2D eigenvalue weighted by Crippen LogP contribution is -2.27. The van der Waals surface area contributed by atoms with Gasteiger partial charge in [-0.15, -0.1) is 0 Å². The lowest BCUT2D eigenvalue weighted by atomic mass is 10.1. The molecule has 1 atom stereocenters. The van der Waals surface area contributed by atoms with Gasteiger partial charge in [0.2, 0.25) is 5.91 Å². The highest BCUT2D eigenvalue weighted by atomic mass is 79.9. The number of hydrogen-bond acceptors (Lipinski definition) is 4. The quantitative estimate of drug-likeness (QED) is 0.432. The molecule has 31 heavy (non-hydrogen) atoms. The highest BCUT2D eigenvalue weighted by Gasteiger charge is 2.29. The van der Waals surface area contributed by atoms with Crippen molar-refractivity contribution >= 4 is 45.2 Å². The third-order valence-corrected chi connectivity index (χ3v) is 6.57. The zero-order valence-corrected chi connectivity index (χ0v) is 19.4. The Morgan fingerprint density at radius 3 is 2.45 bits per heavy atom. The van der Waals surface area contributed by atoms with Gasteiger partial charge in [0.25, 0.3) is 5.91 Å². The molecule has 1 aliphatic rings. The summed E-state index contributed by atoms with van der Waals surface area (Å²) in [6.45, 7) is 1.94. The third kappa shape index (κ3) is 5.74. The molecule has 1 aromatic heterocycles. The van der Waals surface area contributed by atoms with Crippen LogP contribution in [0.1, 0.15) is 41.7 Å². The number of carbonyl (C=O) groups is 2. The number of hydrogen-bond donors (Lipinski definition) is 2. The maximum absolute atomic E-state index is 13.0. The summed E-state index contributed by atoms with van der Waals surface area (Å²) in [5.41, 5.74) is 2.28. The summed E-state index contributed by atoms with van der Waals surface area (Å²) in [5, 5.41) is 6.64. The van der Waals surface area contributed by atoms with Crippen LogP contribution < -0.4 is 10.6 Å². The minimum atomic E-state index is -0.188. The number of amides is 2. The normalized spacial score (nSPS) is 14.0. The van der Waals surface area contributed by atoms with Crippen molar-refractivity contribution in [1.82, 2.24) is 10.3 Å². The molecule has 5 nitrogen and oxygen atoms in total. The van der Waals surface area contributed by atoms with Crippen molar-refractivity contribution in [3.8, 4) is 0 Å². The molecular weight excluding hydrogens is 474 g/mol. The van der Waals surface area contributed by atoms with E-state index in [4.69, 9.17) is 0 Å². The van der Waals surface area contributed by atoms with Crippen LogP contribution in [0.3, 0.4) is 0 Å². The summed E-state index contributed by atoms with van der Waals surface area (Å²) >= 11 is 4.89. The van der Waals surface area contributed by atoms with Crippen LogP contribution in [0.5, 0.6) is 0 Å². The minimum absolute atomic E-state index is 0.0847. The van der Waals surface area contributed by atoms with E-state index in [1.54, 1.807) is 18.3 Å². The number of carbonyl (C=O) groups excluding carboxylic acids is 2. The maximum Gasteiger partial charge on any atom is 0.254 e. The van der Waals surface area contributed by atoms with E-state index in [1.807, 2.05) is 55.5 Å². The zero-order valence-electron chi connectivity index (χ0n) is 17.0. The monoisotopic (exact) mass is 495 g/mol. The topological polar surface area (TPSA) is 71.1 Å². The number of anilines is 1. The second kappa shape index (κ2) is 9.66. The van der Waals surface area contributed by atoms with Crippen molar-refractivity contribution in [3.63, 3.8) is 0 Å². The lowest BCUT2D eigenvalue weighted by molar-refractivity contribution is -0.117. The fourth-order valence-corrected chi connectivity index (χ4v) is 4.21. The molecule has 1 aliphatic carbocycles. The van der Waals surface area contributed by atoms with Crippen molar-refractivity contribution in [1.29, 1.82) is 0 Å². The highest BCUT2D eigenvalue weighted by molar-refractivity contribution is 9.10. The summed E-state index contributed by atoms with van der Waals surface area (Å²) in [7, 11) is 0. The second-order valence-electron chi connectivity index (χ2n) is 7.49. The molecule has 1 heterocycles. The van der Waals surface area contributed by atoms with Gasteiger partial charge in [-0.2, -0.15) is 0 Å². The molecule has 0 bridgehead atoms. The Kier molecular flexibility index (Phi) is 6.73. The summed E-state index contributed by atoms with van der Waals surface area (Å²) in [4.78, 5) is 30.3. The molecule has 0 aliphatic heterocycles. The lowest BCUT2D eigenvalue weighted by Gasteiger charge is -2.16. The minimum Gasteiger partial charge on any atom is -0.345 e. The van der Waals surface area contributed by atoms with Gasteiger partial charge in [0.1, 0.15) is 5.03 Å². The number of nitrogens with one attached hydrogen (secondary N) is 2. The number of halogens is 1. The van der Waals surface area contributed by atoms with Gasteiger partial charge in [0.05, 0.1) is 11.6 Å². The Morgan fingerprint density at radius 1 is 1.06 bits per heavy atom. The molecule has 2 N–H and O–H groups in total. The van der Waals surface area contributed by atoms with Gasteiger partial charge in [0, 0.05) is 27.2 Å². The molecule has 158 valence electrons. The van der Waals surface area contributed by atoms with Crippen LogP contribution in [0.15, 0.2) is 81.3 Å². The number of aromatic nitrogens is 1. The van der Waals surface area contributed by atoms with E-state index < -0.39 is 0 Å². The van der Waals surface area contributed by atoms with E-state index in [0.29, 0.717) is 10.6 Å². The first kappa shape index (κ1) is 21.6. The van der Waals surface area contributed by atoms with E-state index >= 15 is 0 Å². The van der Waals surface area contributed by atoms with Crippen molar-refractivity contribution in [3.05, 3.63) is 82.5 Å². The van der Waals surface area contributed by atoms with Gasteiger partial charge in [-0.1, -0.05) is 39.8 Å². The standard InChI is InChI=1S/C24H22BrN3O2S/c1-15(16-6-10-19(11-7-16)28-22(29)17-4-5-17)27-23(30)21-3-2-14-26-24(21)31-20-12-8-18(25)9-13-20/h2-3,6-15,17H,4-5H2,1H3,(H,27,30)(H,28,29). The van der Waals surface area contributed by atoms with Crippen LogP contribution in [0, 0.1) is 5.92 Å². The van der Waals surface area contributed by atoms with Crippen LogP contribution in [0.2, 0.25) is 0 Å². The Balaban J connectivity index is 1.41. The fraction of sp³-hybridized carbons (Fsp3) is 0.208. The molecule has 2 amide bonds. The molecule has 3 aromatic rings. The van der Waals surface area contributed by atoms with Crippen molar-refractivity contribution in [2.75, 3.05) is 5.32 Å². The van der Waals surface area contributed by atoms with Crippen molar-refractivity contribution in [2.24, 2.45) is 5.92 Å². The van der Waals surface area contributed by atoms with E-state index in [0.717, 1.165) is 33.5 Å². The van der Waals surface area contributed by atoms with Gasteiger partial charge < -0.3 is 10.6 Å². The van der Waals surface area contributed by atoms with Crippen LogP contribution in [-0.2, 0) is 4.79 Å². The molecule has 1 saturated carbocycles. The molecule has 4 rings (SSSR count). The predicted molar refractivity (Wildman–Crippen MR) is 126 cm³/mol. The van der Waals surface area contributed by atoms with Crippen LogP contribution >= 0.6 is 27.7 Å². The average Bonchev–Trinajstić information content (AvgIpc) is 3.62. The molecule has 1 unspecified atom stereocenters. The third-order valence-electron chi connectivity index (χ3n) is 5.02. The Morgan fingerprint density at radius 2 is 1.77 bits per heavy atom. The van der Waals surface area contributed by atoms with Gasteiger partial charge >= 0.3 is 0 Å². The largest absolute Gasteiger partial charge is 0.345 e. The van der Waals surface area contributed by atoms with Gasteiger partial charge in [0.15, 0.2) is 0 Å². The average molecular weight is 496 g/mol. The molecule has 0 saturated heterocycles. The van der Waals surface area contributed by atoms with Crippen LogP contribution in [0.25, 0.3) is 0 Å². The number of nitrogens with zero attached hydrogens (tertiary/aromatic N) is 1. The molecule has 2 aromatic carbocycles. The Labute approximate surface area is 194 Å². The number of benzene rings is 2. The highest BCUT2D eigenvalue weighted by Crippen LogP contribution is 2.31. The van der Waals surface area contributed by atoms with Crippen LogP contribution in [0.4, 0.5) is 5.69 Å². The molecule has 7 heteroatoms. The first-order valence-electron chi connectivity index (χ1n) is 10.1. The fourth-order valence-electron chi connectivity index (χ4n) is 3.06. The summed E-state index contributed by atoms with van der Waals surface area (Å²) in [6.07, 6.45) is 3.64. The molecule has 0 spiro atoms.